The Labute approximate surface area is 207 Å². The molecule has 2 saturated heterocycles. The quantitative estimate of drug-likeness (QED) is 0.485. The molecule has 3 aromatic rings. The number of piperazine rings is 1. The molecule has 5 rings (SSSR count). The molecule has 2 fully saturated rings. The van der Waals surface area contributed by atoms with Gasteiger partial charge in [-0.15, -0.1) is 5.10 Å². The molecule has 180 valence electrons. The Morgan fingerprint density at radius 1 is 0.824 bits per heavy atom. The molecule has 0 N–H and O–H groups in total. The topological polar surface area (TPSA) is 41.7 Å². The molecule has 1 aromatic heterocycles. The molecule has 0 spiro atoms. The normalized spacial score (nSPS) is 17.9. The van der Waals surface area contributed by atoms with Crippen LogP contribution in [0.1, 0.15) is 16.7 Å². The number of ether oxygens (including phenoxy) is 1. The summed E-state index contributed by atoms with van der Waals surface area (Å²) < 4.78 is 10.6. The second kappa shape index (κ2) is 10.8. The van der Waals surface area contributed by atoms with Gasteiger partial charge in [0, 0.05) is 45.8 Å². The van der Waals surface area contributed by atoms with Gasteiger partial charge in [-0.2, -0.15) is 0 Å². The summed E-state index contributed by atoms with van der Waals surface area (Å²) in [5.41, 5.74) is 4.03. The van der Waals surface area contributed by atoms with Crippen LogP contribution in [0, 0.1) is 11.7 Å². The van der Waals surface area contributed by atoms with Crippen molar-refractivity contribution in [2.24, 2.45) is 0 Å². The molecule has 2 aliphatic rings. The molecule has 0 bridgehead atoms. The first-order chi connectivity index (χ1) is 16.7. The number of morpholine rings is 1. The first-order valence-electron chi connectivity index (χ1n) is 12.2. The van der Waals surface area contributed by atoms with Crippen LogP contribution in [-0.2, 0) is 24.5 Å². The molecule has 34 heavy (non-hydrogen) atoms. The number of hydrogen-bond donors (Lipinski definition) is 0. The predicted octanol–water partition coefficient (Wildman–Crippen LogP) is 3.38. The number of aryl methyl sites for hydroxylation is 1. The molecule has 0 radical (unpaired) electrons. The molecule has 0 saturated carbocycles. The Hall–Kier alpha value is -2.52. The molecule has 0 atom stereocenters. The van der Waals surface area contributed by atoms with Crippen molar-refractivity contribution in [3.05, 3.63) is 76.1 Å². The highest BCUT2D eigenvalue weighted by atomic mass is 32.1. The molecule has 0 aliphatic carbocycles. The van der Waals surface area contributed by atoms with E-state index < -0.39 is 0 Å². The van der Waals surface area contributed by atoms with Crippen LogP contribution in [0.15, 0.2) is 54.6 Å². The number of hydrogen-bond acceptors (Lipinski definition) is 6. The lowest BCUT2D eigenvalue weighted by Gasteiger charge is -2.34. The van der Waals surface area contributed by atoms with Crippen LogP contribution in [0.5, 0.6) is 0 Å². The fraction of sp³-hybridized carbons (Fsp3) is 0.462. The maximum absolute atomic E-state index is 5.94. The van der Waals surface area contributed by atoms with Gasteiger partial charge < -0.3 is 9.64 Å². The van der Waals surface area contributed by atoms with Crippen molar-refractivity contribution in [2.75, 3.05) is 57.4 Å². The number of anilines is 1. The number of rotatable bonds is 7. The van der Waals surface area contributed by atoms with Crippen LogP contribution in [0.25, 0.3) is 0 Å². The van der Waals surface area contributed by atoms with Gasteiger partial charge in [-0.1, -0.05) is 54.6 Å². The molecule has 2 aliphatic heterocycles. The van der Waals surface area contributed by atoms with E-state index >= 15 is 0 Å². The van der Waals surface area contributed by atoms with Crippen molar-refractivity contribution < 1.29 is 4.74 Å². The van der Waals surface area contributed by atoms with Crippen LogP contribution in [0.2, 0.25) is 0 Å². The molecule has 0 amide bonds. The third-order valence-electron chi connectivity index (χ3n) is 6.83. The van der Waals surface area contributed by atoms with E-state index in [0.717, 1.165) is 83.0 Å². The highest BCUT2D eigenvalue weighted by Gasteiger charge is 2.23. The lowest BCUT2D eigenvalue weighted by molar-refractivity contribution is 0.0978. The van der Waals surface area contributed by atoms with Crippen LogP contribution in [0.4, 0.5) is 5.95 Å². The molecular weight excluding hydrogens is 444 g/mol. The molecule has 8 heteroatoms. The third kappa shape index (κ3) is 5.41. The van der Waals surface area contributed by atoms with E-state index in [2.05, 4.69) is 74.7 Å². The highest BCUT2D eigenvalue weighted by Crippen LogP contribution is 2.19. The predicted molar refractivity (Wildman–Crippen MR) is 138 cm³/mol. The lowest BCUT2D eigenvalue weighted by atomic mass is 10.1. The fourth-order valence-corrected chi connectivity index (χ4v) is 4.97. The summed E-state index contributed by atoms with van der Waals surface area (Å²) in [6, 6.07) is 19.2. The second-order valence-electron chi connectivity index (χ2n) is 9.22. The van der Waals surface area contributed by atoms with E-state index in [1.165, 1.54) is 16.7 Å². The summed E-state index contributed by atoms with van der Waals surface area (Å²) in [4.78, 5) is 7.32. The third-order valence-corrected chi connectivity index (χ3v) is 7.27. The average Bonchev–Trinajstić information content (AvgIpc) is 3.18. The van der Waals surface area contributed by atoms with E-state index in [9.17, 15) is 0 Å². The minimum absolute atomic E-state index is 0.730. The summed E-state index contributed by atoms with van der Waals surface area (Å²) in [6.07, 6.45) is 0. The Kier molecular flexibility index (Phi) is 7.39. The minimum atomic E-state index is 0.730. The maximum Gasteiger partial charge on any atom is 0.226 e. The molecule has 3 heterocycles. The second-order valence-corrected chi connectivity index (χ2v) is 9.58. The summed E-state index contributed by atoms with van der Waals surface area (Å²) in [5, 5.41) is 5.01. The SMILES string of the molecule is Cc1ccccc1CN1CCN(Cn2nc(N3CCOCC3)n(Cc3ccccc3)c2=S)CC1. The van der Waals surface area contributed by atoms with E-state index in [4.69, 9.17) is 22.1 Å². The van der Waals surface area contributed by atoms with E-state index in [-0.39, 0.29) is 0 Å². The number of benzene rings is 2. The van der Waals surface area contributed by atoms with Crippen molar-refractivity contribution in [3.63, 3.8) is 0 Å². The van der Waals surface area contributed by atoms with Crippen LogP contribution >= 0.6 is 12.2 Å². The first-order valence-corrected chi connectivity index (χ1v) is 12.6. The monoisotopic (exact) mass is 478 g/mol. The van der Waals surface area contributed by atoms with Gasteiger partial charge in [0.1, 0.15) is 0 Å². The van der Waals surface area contributed by atoms with E-state index in [1.807, 2.05) is 10.7 Å². The minimum Gasteiger partial charge on any atom is -0.378 e. The van der Waals surface area contributed by atoms with E-state index in [1.54, 1.807) is 0 Å². The zero-order chi connectivity index (χ0) is 23.3. The molecule has 7 nitrogen and oxygen atoms in total. The number of aromatic nitrogens is 3. The maximum atomic E-state index is 5.94. The largest absolute Gasteiger partial charge is 0.378 e. The summed E-state index contributed by atoms with van der Waals surface area (Å²) in [5.74, 6) is 0.954. The first kappa shape index (κ1) is 23.2. The van der Waals surface area contributed by atoms with E-state index in [0.29, 0.717) is 0 Å². The van der Waals surface area contributed by atoms with Gasteiger partial charge in [0.2, 0.25) is 10.7 Å². The zero-order valence-corrected chi connectivity index (χ0v) is 20.8. The average molecular weight is 479 g/mol. The Morgan fingerprint density at radius 3 is 2.24 bits per heavy atom. The van der Waals surface area contributed by atoms with Crippen molar-refractivity contribution in [2.45, 2.75) is 26.7 Å². The summed E-state index contributed by atoms with van der Waals surface area (Å²) in [7, 11) is 0. The van der Waals surface area contributed by atoms with Gasteiger partial charge in [-0.25, -0.2) is 4.68 Å². The molecular formula is C26H34N6OS. The highest BCUT2D eigenvalue weighted by molar-refractivity contribution is 7.71. The standard InChI is InChI=1S/C26H34N6OS/c1-22-7-5-6-10-24(22)20-28-11-13-29(14-12-28)21-32-26(34)31(19-23-8-3-2-4-9-23)25(27-32)30-15-17-33-18-16-30/h2-10H,11-21H2,1H3. The lowest BCUT2D eigenvalue weighted by Crippen LogP contribution is -2.46. The summed E-state index contributed by atoms with van der Waals surface area (Å²) >= 11 is 5.94. The van der Waals surface area contributed by atoms with Crippen molar-refractivity contribution >= 4 is 18.2 Å². The van der Waals surface area contributed by atoms with Gasteiger partial charge in [0.05, 0.1) is 26.4 Å². The molecule has 2 aromatic carbocycles. The van der Waals surface area contributed by atoms with Gasteiger partial charge in [-0.3, -0.25) is 14.4 Å². The number of nitrogens with zero attached hydrogens (tertiary/aromatic N) is 6. The van der Waals surface area contributed by atoms with Gasteiger partial charge in [0.15, 0.2) is 0 Å². The van der Waals surface area contributed by atoms with Gasteiger partial charge in [-0.05, 0) is 35.8 Å². The van der Waals surface area contributed by atoms with Crippen LogP contribution < -0.4 is 4.90 Å². The zero-order valence-electron chi connectivity index (χ0n) is 20.0. The van der Waals surface area contributed by atoms with Crippen LogP contribution in [-0.4, -0.2) is 76.6 Å². The Morgan fingerprint density at radius 2 is 1.50 bits per heavy atom. The van der Waals surface area contributed by atoms with Crippen molar-refractivity contribution in [3.8, 4) is 0 Å². The fourth-order valence-electron chi connectivity index (χ4n) is 4.73. The van der Waals surface area contributed by atoms with Gasteiger partial charge >= 0.3 is 0 Å². The van der Waals surface area contributed by atoms with Crippen LogP contribution in [0.3, 0.4) is 0 Å². The van der Waals surface area contributed by atoms with Crippen molar-refractivity contribution in [1.82, 2.24) is 24.1 Å². The smallest absolute Gasteiger partial charge is 0.226 e. The van der Waals surface area contributed by atoms with Gasteiger partial charge in [0.25, 0.3) is 0 Å². The molecule has 0 unspecified atom stereocenters. The Balaban J connectivity index is 1.28. The Bertz CT molecular complexity index is 1130. The summed E-state index contributed by atoms with van der Waals surface area (Å²) in [6.45, 7) is 12.0. The van der Waals surface area contributed by atoms with Crippen molar-refractivity contribution in [1.29, 1.82) is 0 Å².